The van der Waals surface area contributed by atoms with Gasteiger partial charge in [0.15, 0.2) is 0 Å². The highest BCUT2D eigenvalue weighted by Crippen LogP contribution is 2.33. The Morgan fingerprint density at radius 2 is 2.20 bits per heavy atom. The van der Waals surface area contributed by atoms with Crippen LogP contribution < -0.4 is 5.56 Å². The first-order valence-corrected chi connectivity index (χ1v) is 5.36. The van der Waals surface area contributed by atoms with E-state index in [1.165, 1.54) is 10.1 Å². The Hall–Kier alpha value is -1.09. The van der Waals surface area contributed by atoms with Crippen LogP contribution in [0.5, 0.6) is 0 Å². The lowest BCUT2D eigenvalue weighted by molar-refractivity contribution is 0.195. The second-order valence-corrected chi connectivity index (χ2v) is 5.05. The van der Waals surface area contributed by atoms with Crippen molar-refractivity contribution in [3.05, 3.63) is 33.7 Å². The highest BCUT2D eigenvalue weighted by Gasteiger charge is 2.26. The molecule has 1 aliphatic rings. The van der Waals surface area contributed by atoms with E-state index < -0.39 is 0 Å². The molecule has 0 aliphatic heterocycles. The molecular formula is C12H17NO2. The summed E-state index contributed by atoms with van der Waals surface area (Å²) >= 11 is 0. The van der Waals surface area contributed by atoms with Crippen molar-refractivity contribution in [2.45, 2.75) is 39.8 Å². The van der Waals surface area contributed by atoms with Crippen molar-refractivity contribution in [2.24, 2.45) is 5.41 Å². The van der Waals surface area contributed by atoms with E-state index in [4.69, 9.17) is 5.11 Å². The standard InChI is InChI=1S/C12H17NO2/c1-12(2)6-5-10-9(7-12)3-4-11(15)13(10)8-14/h3-4,14H,5-8H2,1-2H3. The maximum Gasteiger partial charge on any atom is 0.252 e. The van der Waals surface area contributed by atoms with Crippen LogP contribution in [0.15, 0.2) is 16.9 Å². The monoisotopic (exact) mass is 207 g/mol. The van der Waals surface area contributed by atoms with Crippen LogP contribution in [0.25, 0.3) is 0 Å². The molecule has 0 atom stereocenters. The van der Waals surface area contributed by atoms with E-state index in [-0.39, 0.29) is 12.3 Å². The molecule has 3 heteroatoms. The number of nitrogens with zero attached hydrogens (tertiary/aromatic N) is 1. The number of aliphatic hydroxyl groups excluding tert-OH is 1. The van der Waals surface area contributed by atoms with Gasteiger partial charge in [-0.3, -0.25) is 9.36 Å². The van der Waals surface area contributed by atoms with Crippen LogP contribution in [-0.2, 0) is 19.6 Å². The molecule has 2 rings (SSSR count). The van der Waals surface area contributed by atoms with Crippen LogP contribution in [0.4, 0.5) is 0 Å². The SMILES string of the molecule is CC1(C)CCc2c(ccc(=O)n2CO)C1. The molecule has 15 heavy (non-hydrogen) atoms. The van der Waals surface area contributed by atoms with Crippen LogP contribution >= 0.6 is 0 Å². The number of aromatic nitrogens is 1. The van der Waals surface area contributed by atoms with E-state index >= 15 is 0 Å². The van der Waals surface area contributed by atoms with Gasteiger partial charge in [0.2, 0.25) is 0 Å². The molecule has 0 unspecified atom stereocenters. The maximum absolute atomic E-state index is 11.5. The van der Waals surface area contributed by atoms with Crippen molar-refractivity contribution in [3.8, 4) is 0 Å². The number of aliphatic hydroxyl groups is 1. The van der Waals surface area contributed by atoms with E-state index in [9.17, 15) is 4.79 Å². The Labute approximate surface area is 89.4 Å². The lowest BCUT2D eigenvalue weighted by Gasteiger charge is -2.32. The van der Waals surface area contributed by atoms with Crippen molar-refractivity contribution in [1.82, 2.24) is 4.57 Å². The van der Waals surface area contributed by atoms with Gasteiger partial charge in [0, 0.05) is 11.8 Å². The molecule has 1 aromatic rings. The van der Waals surface area contributed by atoms with Gasteiger partial charge >= 0.3 is 0 Å². The lowest BCUT2D eigenvalue weighted by atomic mass is 9.76. The van der Waals surface area contributed by atoms with Gasteiger partial charge in [0.1, 0.15) is 6.73 Å². The molecule has 1 N–H and O–H groups in total. The highest BCUT2D eigenvalue weighted by molar-refractivity contribution is 5.25. The summed E-state index contributed by atoms with van der Waals surface area (Å²) in [5, 5.41) is 9.17. The average molecular weight is 207 g/mol. The topological polar surface area (TPSA) is 42.2 Å². The summed E-state index contributed by atoms with van der Waals surface area (Å²) in [4.78, 5) is 11.5. The van der Waals surface area contributed by atoms with E-state index in [0.717, 1.165) is 25.0 Å². The van der Waals surface area contributed by atoms with E-state index in [1.54, 1.807) is 6.07 Å². The zero-order valence-corrected chi connectivity index (χ0v) is 9.29. The lowest BCUT2D eigenvalue weighted by Crippen LogP contribution is -2.30. The first-order chi connectivity index (χ1) is 7.03. The van der Waals surface area contributed by atoms with Gasteiger partial charge in [-0.05, 0) is 30.2 Å². The largest absolute Gasteiger partial charge is 0.376 e. The van der Waals surface area contributed by atoms with Gasteiger partial charge in [-0.2, -0.15) is 0 Å². The second kappa shape index (κ2) is 3.49. The predicted octanol–water partition coefficient (Wildman–Crippen LogP) is 1.31. The van der Waals surface area contributed by atoms with Gasteiger partial charge in [-0.15, -0.1) is 0 Å². The summed E-state index contributed by atoms with van der Waals surface area (Å²) < 4.78 is 1.48. The van der Waals surface area contributed by atoms with Crippen molar-refractivity contribution in [3.63, 3.8) is 0 Å². The number of fused-ring (bicyclic) bond motifs is 1. The summed E-state index contributed by atoms with van der Waals surface area (Å²) in [6.07, 6.45) is 2.95. The van der Waals surface area contributed by atoms with Crippen LogP contribution in [0.1, 0.15) is 31.5 Å². The number of hydrogen-bond donors (Lipinski definition) is 1. The van der Waals surface area contributed by atoms with Gasteiger partial charge in [-0.1, -0.05) is 19.9 Å². The predicted molar refractivity (Wildman–Crippen MR) is 58.7 cm³/mol. The fourth-order valence-corrected chi connectivity index (χ4v) is 2.34. The third kappa shape index (κ3) is 1.84. The molecule has 0 saturated heterocycles. The van der Waals surface area contributed by atoms with E-state index in [1.807, 2.05) is 6.07 Å². The summed E-state index contributed by atoms with van der Waals surface area (Å²) in [6, 6.07) is 3.46. The van der Waals surface area contributed by atoms with Gasteiger partial charge in [0.25, 0.3) is 5.56 Å². The first kappa shape index (κ1) is 10.4. The van der Waals surface area contributed by atoms with Crippen molar-refractivity contribution in [1.29, 1.82) is 0 Å². The van der Waals surface area contributed by atoms with E-state index in [2.05, 4.69) is 13.8 Å². The normalized spacial score (nSPS) is 18.6. The van der Waals surface area contributed by atoms with Crippen LogP contribution in [0.3, 0.4) is 0 Å². The fourth-order valence-electron chi connectivity index (χ4n) is 2.34. The minimum absolute atomic E-state index is 0.101. The zero-order chi connectivity index (χ0) is 11.1. The Balaban J connectivity index is 2.52. The van der Waals surface area contributed by atoms with Gasteiger partial charge in [0.05, 0.1) is 0 Å². The highest BCUT2D eigenvalue weighted by atomic mass is 16.3. The second-order valence-electron chi connectivity index (χ2n) is 5.05. The molecule has 0 saturated carbocycles. The number of hydrogen-bond acceptors (Lipinski definition) is 2. The summed E-state index contributed by atoms with van der Waals surface area (Å²) in [5.41, 5.74) is 2.44. The van der Waals surface area contributed by atoms with E-state index in [0.29, 0.717) is 5.41 Å². The third-order valence-corrected chi connectivity index (χ3v) is 3.24. The zero-order valence-electron chi connectivity index (χ0n) is 9.29. The Bertz CT molecular complexity index is 432. The average Bonchev–Trinajstić information content (AvgIpc) is 2.17. The summed E-state index contributed by atoms with van der Waals surface area (Å²) in [6.45, 7) is 4.27. The summed E-state index contributed by atoms with van der Waals surface area (Å²) in [5.74, 6) is 0. The Morgan fingerprint density at radius 1 is 1.47 bits per heavy atom. The Kier molecular flexibility index (Phi) is 2.43. The molecule has 1 aromatic heterocycles. The fraction of sp³-hybridized carbons (Fsp3) is 0.583. The van der Waals surface area contributed by atoms with Crippen LogP contribution in [-0.4, -0.2) is 9.67 Å². The summed E-state index contributed by atoms with van der Waals surface area (Å²) in [7, 11) is 0. The van der Waals surface area contributed by atoms with Crippen LogP contribution in [0.2, 0.25) is 0 Å². The molecule has 0 fully saturated rings. The molecule has 0 radical (unpaired) electrons. The van der Waals surface area contributed by atoms with Gasteiger partial charge < -0.3 is 5.11 Å². The maximum atomic E-state index is 11.5. The molecule has 0 amide bonds. The molecule has 3 nitrogen and oxygen atoms in total. The molecule has 0 bridgehead atoms. The van der Waals surface area contributed by atoms with Crippen molar-refractivity contribution >= 4 is 0 Å². The Morgan fingerprint density at radius 3 is 2.87 bits per heavy atom. The molecule has 0 spiro atoms. The first-order valence-electron chi connectivity index (χ1n) is 5.36. The molecular weight excluding hydrogens is 190 g/mol. The molecule has 1 aliphatic carbocycles. The number of rotatable bonds is 1. The van der Waals surface area contributed by atoms with Crippen molar-refractivity contribution < 1.29 is 5.11 Å². The quantitative estimate of drug-likeness (QED) is 0.754. The van der Waals surface area contributed by atoms with Crippen molar-refractivity contribution in [2.75, 3.05) is 0 Å². The third-order valence-electron chi connectivity index (χ3n) is 3.24. The minimum atomic E-state index is -0.206. The minimum Gasteiger partial charge on any atom is -0.376 e. The molecule has 1 heterocycles. The van der Waals surface area contributed by atoms with Gasteiger partial charge in [-0.25, -0.2) is 0 Å². The smallest absolute Gasteiger partial charge is 0.252 e. The van der Waals surface area contributed by atoms with Crippen LogP contribution in [0, 0.1) is 5.41 Å². The number of pyridine rings is 1. The molecule has 82 valence electrons. The molecule has 0 aromatic carbocycles.